The lowest BCUT2D eigenvalue weighted by molar-refractivity contribution is 0.0524. The molecule has 2 aromatic rings. The van der Waals surface area contributed by atoms with E-state index in [9.17, 15) is 4.79 Å². The lowest BCUT2D eigenvalue weighted by Crippen LogP contribution is -2.47. The Morgan fingerprint density at radius 2 is 1.83 bits per heavy atom. The van der Waals surface area contributed by atoms with Crippen molar-refractivity contribution in [3.63, 3.8) is 0 Å². The lowest BCUT2D eigenvalue weighted by atomic mass is 9.96. The molecule has 6 heteroatoms. The predicted molar refractivity (Wildman–Crippen MR) is 92.3 cm³/mol. The number of aromatic nitrogens is 2. The molecule has 1 amide bonds. The highest BCUT2D eigenvalue weighted by molar-refractivity contribution is 9.10. The van der Waals surface area contributed by atoms with E-state index >= 15 is 0 Å². The van der Waals surface area contributed by atoms with Gasteiger partial charge in [0.1, 0.15) is 0 Å². The van der Waals surface area contributed by atoms with Gasteiger partial charge in [-0.2, -0.15) is 10.4 Å². The van der Waals surface area contributed by atoms with E-state index in [0.717, 1.165) is 30.2 Å². The summed E-state index contributed by atoms with van der Waals surface area (Å²) in [4.78, 5) is 15.0. The molecule has 0 radical (unpaired) electrons. The second kappa shape index (κ2) is 6.06. The molecule has 2 aliphatic rings. The van der Waals surface area contributed by atoms with E-state index in [1.165, 1.54) is 0 Å². The first-order valence-electron chi connectivity index (χ1n) is 8.18. The van der Waals surface area contributed by atoms with Crippen LogP contribution in [-0.2, 0) is 0 Å². The monoisotopic (exact) mass is 384 g/mol. The highest BCUT2D eigenvalue weighted by atomic mass is 79.9. The number of carbonyl (C=O) groups is 1. The maximum Gasteiger partial charge on any atom is 0.254 e. The van der Waals surface area contributed by atoms with Crippen molar-refractivity contribution in [2.75, 3.05) is 0 Å². The second-order valence-corrected chi connectivity index (χ2v) is 7.47. The quantitative estimate of drug-likeness (QED) is 0.795. The number of hydrogen-bond acceptors (Lipinski definition) is 3. The van der Waals surface area contributed by atoms with E-state index in [2.05, 4.69) is 32.0 Å². The van der Waals surface area contributed by atoms with E-state index in [0.29, 0.717) is 17.2 Å². The van der Waals surface area contributed by atoms with Crippen molar-refractivity contribution < 1.29 is 4.79 Å². The van der Waals surface area contributed by atoms with Gasteiger partial charge in [0, 0.05) is 23.8 Å². The molecule has 3 heterocycles. The molecule has 4 rings (SSSR count). The topological polar surface area (TPSA) is 61.9 Å². The summed E-state index contributed by atoms with van der Waals surface area (Å²) >= 11 is 3.45. The number of nitriles is 1. The minimum absolute atomic E-state index is 0.0899. The van der Waals surface area contributed by atoms with Crippen molar-refractivity contribution in [3.8, 4) is 6.07 Å². The fourth-order valence-electron chi connectivity index (χ4n) is 4.05. The molecule has 1 aromatic heterocycles. The van der Waals surface area contributed by atoms with Crippen molar-refractivity contribution >= 4 is 21.8 Å². The Bertz CT molecular complexity index is 793. The number of rotatable bonds is 2. The summed E-state index contributed by atoms with van der Waals surface area (Å²) in [5.74, 6) is 0.0899. The Kier molecular flexibility index (Phi) is 3.89. The number of piperidine rings is 1. The van der Waals surface area contributed by atoms with Crippen molar-refractivity contribution in [3.05, 3.63) is 52.3 Å². The Morgan fingerprint density at radius 3 is 2.38 bits per heavy atom. The Labute approximate surface area is 149 Å². The maximum absolute atomic E-state index is 12.9. The summed E-state index contributed by atoms with van der Waals surface area (Å²) in [5, 5.41) is 13.3. The average Bonchev–Trinajstić information content (AvgIpc) is 3.15. The molecule has 2 saturated heterocycles. The van der Waals surface area contributed by atoms with Crippen molar-refractivity contribution in [2.24, 2.45) is 0 Å². The molecule has 0 saturated carbocycles. The maximum atomic E-state index is 12.9. The van der Waals surface area contributed by atoms with E-state index in [-0.39, 0.29) is 18.0 Å². The van der Waals surface area contributed by atoms with Gasteiger partial charge in [0.2, 0.25) is 0 Å². The molecule has 2 atom stereocenters. The van der Waals surface area contributed by atoms with Crippen LogP contribution in [-0.4, -0.2) is 32.7 Å². The van der Waals surface area contributed by atoms with Gasteiger partial charge in [-0.3, -0.25) is 9.48 Å². The van der Waals surface area contributed by atoms with Gasteiger partial charge in [-0.1, -0.05) is 0 Å². The van der Waals surface area contributed by atoms with Gasteiger partial charge in [-0.05, 0) is 65.9 Å². The van der Waals surface area contributed by atoms with Crippen molar-refractivity contribution in [2.45, 2.75) is 43.8 Å². The minimum Gasteiger partial charge on any atom is -0.333 e. The Morgan fingerprint density at radius 1 is 1.17 bits per heavy atom. The van der Waals surface area contributed by atoms with Crippen LogP contribution in [0.15, 0.2) is 41.1 Å². The summed E-state index contributed by atoms with van der Waals surface area (Å²) in [6.07, 6.45) is 7.86. The average molecular weight is 385 g/mol. The van der Waals surface area contributed by atoms with Crippen LogP contribution >= 0.6 is 15.9 Å². The van der Waals surface area contributed by atoms with E-state index in [4.69, 9.17) is 5.26 Å². The largest absolute Gasteiger partial charge is 0.333 e. The number of fused-ring (bicyclic) bond motifs is 2. The molecule has 2 aliphatic heterocycles. The van der Waals surface area contributed by atoms with Gasteiger partial charge in [0.25, 0.3) is 5.91 Å². The molecule has 0 N–H and O–H groups in total. The lowest BCUT2D eigenvalue weighted by Gasteiger charge is -2.39. The number of halogens is 1. The number of nitrogens with zero attached hydrogens (tertiary/aromatic N) is 4. The van der Waals surface area contributed by atoms with Gasteiger partial charge in [-0.15, -0.1) is 0 Å². The first-order valence-corrected chi connectivity index (χ1v) is 8.97. The normalized spacial score (nSPS) is 25.5. The van der Waals surface area contributed by atoms with Gasteiger partial charge in [0.05, 0.1) is 28.3 Å². The highest BCUT2D eigenvalue weighted by Gasteiger charge is 2.44. The fraction of sp³-hybridized carbons (Fsp3) is 0.389. The first-order chi connectivity index (χ1) is 11.7. The van der Waals surface area contributed by atoms with E-state index < -0.39 is 0 Å². The van der Waals surface area contributed by atoms with Crippen LogP contribution < -0.4 is 0 Å². The Balaban J connectivity index is 1.53. The number of benzene rings is 1. The molecule has 0 spiro atoms. The number of amides is 1. The van der Waals surface area contributed by atoms with Crippen molar-refractivity contribution in [1.29, 1.82) is 5.26 Å². The van der Waals surface area contributed by atoms with Gasteiger partial charge in [0.15, 0.2) is 0 Å². The van der Waals surface area contributed by atoms with Crippen LogP contribution in [0.3, 0.4) is 0 Å². The zero-order valence-electron chi connectivity index (χ0n) is 13.1. The summed E-state index contributed by atoms with van der Waals surface area (Å²) in [6, 6.07) is 9.95. The minimum atomic E-state index is 0.0899. The smallest absolute Gasteiger partial charge is 0.254 e. The molecule has 2 fully saturated rings. The van der Waals surface area contributed by atoms with Crippen LogP contribution in [0.2, 0.25) is 0 Å². The van der Waals surface area contributed by atoms with Crippen LogP contribution in [0.4, 0.5) is 0 Å². The van der Waals surface area contributed by atoms with Crippen LogP contribution in [0.5, 0.6) is 0 Å². The zero-order valence-corrected chi connectivity index (χ0v) is 14.7. The van der Waals surface area contributed by atoms with Gasteiger partial charge in [-0.25, -0.2) is 0 Å². The first kappa shape index (κ1) is 15.4. The summed E-state index contributed by atoms with van der Waals surface area (Å²) < 4.78 is 3.02. The predicted octanol–water partition coefficient (Wildman–Crippen LogP) is 3.53. The molecule has 2 bridgehead atoms. The Hall–Kier alpha value is -2.13. The number of carbonyl (C=O) groups excluding carboxylic acids is 1. The third-order valence-corrected chi connectivity index (χ3v) is 5.56. The van der Waals surface area contributed by atoms with Gasteiger partial charge < -0.3 is 4.90 Å². The molecular weight excluding hydrogens is 368 g/mol. The molecule has 5 nitrogen and oxygen atoms in total. The summed E-state index contributed by atoms with van der Waals surface area (Å²) in [7, 11) is 0. The zero-order chi connectivity index (χ0) is 16.7. The third kappa shape index (κ3) is 2.63. The molecule has 24 heavy (non-hydrogen) atoms. The molecular formula is C18H17BrN4O. The molecule has 122 valence electrons. The van der Waals surface area contributed by atoms with Crippen molar-refractivity contribution in [1.82, 2.24) is 14.7 Å². The fourth-order valence-corrected chi connectivity index (χ4v) is 4.35. The second-order valence-electron chi connectivity index (χ2n) is 6.55. The van der Waals surface area contributed by atoms with Gasteiger partial charge >= 0.3 is 0 Å². The highest BCUT2D eigenvalue weighted by Crippen LogP contribution is 2.41. The standard InChI is InChI=1S/C18H17BrN4O/c19-14-10-21-22(11-14)17-7-15-5-6-16(8-17)23(15)18(24)13-3-1-12(9-20)2-4-13/h1-4,10-11,15-17H,5-8H2. The van der Waals surface area contributed by atoms with E-state index in [1.807, 2.05) is 17.1 Å². The van der Waals surface area contributed by atoms with Crippen LogP contribution in [0.25, 0.3) is 0 Å². The number of hydrogen-bond donors (Lipinski definition) is 0. The molecule has 2 unspecified atom stereocenters. The third-order valence-electron chi connectivity index (χ3n) is 5.15. The summed E-state index contributed by atoms with van der Waals surface area (Å²) in [6.45, 7) is 0. The molecule has 0 aliphatic carbocycles. The van der Waals surface area contributed by atoms with E-state index in [1.54, 1.807) is 24.3 Å². The summed E-state index contributed by atoms with van der Waals surface area (Å²) in [5.41, 5.74) is 1.25. The SMILES string of the molecule is N#Cc1ccc(C(=O)N2C3CCC2CC(n2cc(Br)cn2)C3)cc1. The van der Waals surface area contributed by atoms with Crippen LogP contribution in [0.1, 0.15) is 47.6 Å². The molecule has 1 aromatic carbocycles. The van der Waals surface area contributed by atoms with Crippen LogP contribution in [0, 0.1) is 11.3 Å².